The van der Waals surface area contributed by atoms with Gasteiger partial charge in [-0.15, -0.1) is 0 Å². The number of aromatic hydroxyl groups is 1. The van der Waals surface area contributed by atoms with Crippen molar-refractivity contribution in [2.24, 2.45) is 0 Å². The molecule has 3 aromatic rings. The van der Waals surface area contributed by atoms with Crippen molar-refractivity contribution < 1.29 is 9.90 Å². The smallest absolute Gasteiger partial charge is 0.321 e. The number of hydrogen-bond acceptors (Lipinski definition) is 4. The quantitative estimate of drug-likeness (QED) is 0.543. The molecule has 0 aromatic heterocycles. The van der Waals surface area contributed by atoms with E-state index < -0.39 is 0 Å². The maximum atomic E-state index is 13.5. The first-order chi connectivity index (χ1) is 17.4. The SMILES string of the molecule is CN(C(=O)Nc1ccc(C#N)cc1)[C@@H]1[C@H]2Cc3ccc(O)cc3[C@]1(C)CCN2CCc1ccccc1. The molecular weight excluding hydrogens is 448 g/mol. The van der Waals surface area contributed by atoms with Crippen molar-refractivity contribution in [1.29, 1.82) is 5.26 Å². The standard InChI is InChI=1S/C30H32N4O2/c1-30-15-17-34(16-14-21-6-4-3-5-7-21)27(18-23-10-13-25(35)19-26(23)30)28(30)33(2)29(36)32-24-11-8-22(20-31)9-12-24/h3-13,19,27-28,35H,14-18H2,1-2H3,(H,32,36)/t27-,28-,30+/m1/s1. The van der Waals surface area contributed by atoms with Gasteiger partial charge in [-0.2, -0.15) is 5.26 Å². The molecule has 0 saturated carbocycles. The fourth-order valence-corrected chi connectivity index (χ4v) is 6.19. The number of nitrogens with zero attached hydrogens (tertiary/aromatic N) is 3. The molecule has 0 spiro atoms. The lowest BCUT2D eigenvalue weighted by atomic mass is 9.61. The fraction of sp³-hybridized carbons (Fsp3) is 0.333. The minimum absolute atomic E-state index is 0.0605. The van der Waals surface area contributed by atoms with E-state index in [1.807, 2.05) is 30.1 Å². The number of carbonyl (C=O) groups excluding carboxylic acids is 1. The van der Waals surface area contributed by atoms with E-state index in [9.17, 15) is 9.90 Å². The van der Waals surface area contributed by atoms with Crippen LogP contribution >= 0.6 is 0 Å². The average molecular weight is 481 g/mol. The number of nitriles is 1. The number of likely N-dealkylation sites (tertiary alicyclic amines) is 1. The number of anilines is 1. The minimum atomic E-state index is -0.281. The molecule has 2 aliphatic rings. The summed E-state index contributed by atoms with van der Waals surface area (Å²) in [6, 6.07) is 25.2. The molecule has 1 aliphatic carbocycles. The van der Waals surface area contributed by atoms with Gasteiger partial charge in [0, 0.05) is 30.7 Å². The van der Waals surface area contributed by atoms with Gasteiger partial charge in [0.2, 0.25) is 0 Å². The van der Waals surface area contributed by atoms with E-state index in [0.29, 0.717) is 11.3 Å². The van der Waals surface area contributed by atoms with Gasteiger partial charge in [0.1, 0.15) is 5.75 Å². The molecule has 1 saturated heterocycles. The Morgan fingerprint density at radius 3 is 2.64 bits per heavy atom. The molecule has 0 radical (unpaired) electrons. The summed E-state index contributed by atoms with van der Waals surface area (Å²) in [7, 11) is 1.88. The minimum Gasteiger partial charge on any atom is -0.508 e. The van der Waals surface area contributed by atoms with Crippen LogP contribution in [0.5, 0.6) is 5.75 Å². The summed E-state index contributed by atoms with van der Waals surface area (Å²) in [6.07, 6.45) is 2.69. The molecule has 5 rings (SSSR count). The maximum Gasteiger partial charge on any atom is 0.321 e. The fourth-order valence-electron chi connectivity index (χ4n) is 6.19. The number of nitrogens with one attached hydrogen (secondary N) is 1. The van der Waals surface area contributed by atoms with Crippen LogP contribution in [0.3, 0.4) is 0 Å². The summed E-state index contributed by atoms with van der Waals surface area (Å²) in [6.45, 7) is 4.12. The van der Waals surface area contributed by atoms with Crippen LogP contribution in [0.1, 0.15) is 35.6 Å². The Kier molecular flexibility index (Phi) is 6.42. The molecule has 1 fully saturated rings. The Labute approximate surface area is 212 Å². The van der Waals surface area contributed by atoms with Crippen molar-refractivity contribution in [2.45, 2.75) is 43.7 Å². The van der Waals surface area contributed by atoms with E-state index in [-0.39, 0.29) is 29.3 Å². The zero-order chi connectivity index (χ0) is 25.3. The third-order valence-electron chi connectivity index (χ3n) is 8.08. The van der Waals surface area contributed by atoms with E-state index >= 15 is 0 Å². The highest BCUT2D eigenvalue weighted by atomic mass is 16.3. The number of urea groups is 1. The molecule has 6 heteroatoms. The number of carbonyl (C=O) groups is 1. The Hall–Kier alpha value is -3.82. The van der Waals surface area contributed by atoms with Gasteiger partial charge >= 0.3 is 6.03 Å². The third kappa shape index (κ3) is 4.43. The highest BCUT2D eigenvalue weighted by Gasteiger charge is 2.53. The summed E-state index contributed by atoms with van der Waals surface area (Å²) in [5.41, 5.74) is 4.65. The number of rotatable bonds is 5. The number of phenols is 1. The largest absolute Gasteiger partial charge is 0.508 e. The maximum absolute atomic E-state index is 13.5. The van der Waals surface area contributed by atoms with E-state index in [2.05, 4.69) is 47.5 Å². The van der Waals surface area contributed by atoms with Gasteiger partial charge in [0.05, 0.1) is 17.7 Å². The summed E-state index contributed by atoms with van der Waals surface area (Å²) in [5, 5.41) is 22.4. The van der Waals surface area contributed by atoms with Crippen LogP contribution in [-0.2, 0) is 18.3 Å². The monoisotopic (exact) mass is 480 g/mol. The summed E-state index contributed by atoms with van der Waals surface area (Å²) >= 11 is 0. The van der Waals surface area contributed by atoms with Crippen molar-refractivity contribution in [2.75, 3.05) is 25.5 Å². The predicted octanol–water partition coefficient (Wildman–Crippen LogP) is 4.93. The van der Waals surface area contributed by atoms with Crippen LogP contribution in [0.2, 0.25) is 0 Å². The summed E-state index contributed by atoms with van der Waals surface area (Å²) in [4.78, 5) is 17.9. The van der Waals surface area contributed by atoms with Crippen molar-refractivity contribution in [3.05, 3.63) is 95.1 Å². The second-order valence-corrected chi connectivity index (χ2v) is 10.2. The number of fused-ring (bicyclic) bond motifs is 4. The number of amides is 2. The second-order valence-electron chi connectivity index (χ2n) is 10.2. The molecule has 2 N–H and O–H groups in total. The molecular formula is C30H32N4O2. The lowest BCUT2D eigenvalue weighted by Gasteiger charge is -2.58. The van der Waals surface area contributed by atoms with E-state index in [4.69, 9.17) is 5.26 Å². The zero-order valence-electron chi connectivity index (χ0n) is 20.8. The first-order valence-electron chi connectivity index (χ1n) is 12.5. The van der Waals surface area contributed by atoms with Crippen LogP contribution < -0.4 is 5.32 Å². The molecule has 184 valence electrons. The number of benzene rings is 3. The predicted molar refractivity (Wildman–Crippen MR) is 141 cm³/mol. The van der Waals surface area contributed by atoms with Crippen LogP contribution in [-0.4, -0.2) is 53.2 Å². The molecule has 36 heavy (non-hydrogen) atoms. The number of piperidine rings is 1. The van der Waals surface area contributed by atoms with Crippen molar-refractivity contribution in [3.63, 3.8) is 0 Å². The van der Waals surface area contributed by atoms with Crippen LogP contribution in [0.15, 0.2) is 72.8 Å². The Morgan fingerprint density at radius 2 is 1.92 bits per heavy atom. The van der Waals surface area contributed by atoms with Gasteiger partial charge in [-0.3, -0.25) is 4.90 Å². The first kappa shape index (κ1) is 23.9. The lowest BCUT2D eigenvalue weighted by molar-refractivity contribution is 0.00749. The van der Waals surface area contributed by atoms with Gasteiger partial charge in [-0.1, -0.05) is 43.3 Å². The molecule has 3 atom stereocenters. The second kappa shape index (κ2) is 9.67. The molecule has 6 nitrogen and oxygen atoms in total. The Balaban J connectivity index is 1.44. The Morgan fingerprint density at radius 1 is 1.17 bits per heavy atom. The summed E-state index contributed by atoms with van der Waals surface area (Å²) < 4.78 is 0. The molecule has 0 unspecified atom stereocenters. The van der Waals surface area contributed by atoms with Crippen molar-refractivity contribution >= 4 is 11.7 Å². The van der Waals surface area contributed by atoms with Crippen LogP contribution in [0.25, 0.3) is 0 Å². The van der Waals surface area contributed by atoms with Gasteiger partial charge in [0.25, 0.3) is 0 Å². The normalized spacial score (nSPS) is 22.8. The van der Waals surface area contributed by atoms with Gasteiger partial charge in [0.15, 0.2) is 0 Å². The van der Waals surface area contributed by atoms with Gasteiger partial charge < -0.3 is 15.3 Å². The number of hydrogen-bond donors (Lipinski definition) is 2. The molecule has 3 aromatic carbocycles. The van der Waals surface area contributed by atoms with E-state index in [1.165, 1.54) is 11.1 Å². The van der Waals surface area contributed by atoms with Crippen molar-refractivity contribution in [3.8, 4) is 11.8 Å². The van der Waals surface area contributed by atoms with Gasteiger partial charge in [-0.05, 0) is 78.9 Å². The zero-order valence-corrected chi connectivity index (χ0v) is 20.8. The molecule has 2 amide bonds. The number of likely N-dealkylation sites (N-methyl/N-ethyl adjacent to an activating group) is 1. The molecule has 1 heterocycles. The number of phenolic OH excluding ortho intramolecular Hbond substituents is 1. The topological polar surface area (TPSA) is 79.6 Å². The molecule has 1 aliphatic heterocycles. The Bertz CT molecular complexity index is 1280. The first-order valence-corrected chi connectivity index (χ1v) is 12.5. The van der Waals surface area contributed by atoms with Crippen molar-refractivity contribution in [1.82, 2.24) is 9.80 Å². The molecule has 2 bridgehead atoms. The van der Waals surface area contributed by atoms with Crippen LogP contribution in [0.4, 0.5) is 10.5 Å². The van der Waals surface area contributed by atoms with Crippen LogP contribution in [0, 0.1) is 11.3 Å². The average Bonchev–Trinajstić information content (AvgIpc) is 2.89. The van der Waals surface area contributed by atoms with E-state index in [0.717, 1.165) is 37.9 Å². The highest BCUT2D eigenvalue weighted by Crippen LogP contribution is 2.47. The van der Waals surface area contributed by atoms with E-state index in [1.54, 1.807) is 30.3 Å². The highest BCUT2D eigenvalue weighted by molar-refractivity contribution is 5.89. The van der Waals surface area contributed by atoms with Gasteiger partial charge in [-0.25, -0.2) is 4.79 Å². The summed E-state index contributed by atoms with van der Waals surface area (Å²) in [5.74, 6) is 0.267. The third-order valence-corrected chi connectivity index (χ3v) is 8.08. The lowest BCUT2D eigenvalue weighted by Crippen LogP contribution is -2.68.